The van der Waals surface area contributed by atoms with Gasteiger partial charge in [-0.2, -0.15) is 36.7 Å². The first-order valence-electron chi connectivity index (χ1n) is 16.6. The number of hydrogen-bond donors (Lipinski definition) is 3. The maximum atomic E-state index is 16.8. The highest BCUT2D eigenvalue weighted by Gasteiger charge is 2.39. The van der Waals surface area contributed by atoms with E-state index < -0.39 is 35.9 Å². The van der Waals surface area contributed by atoms with Crippen LogP contribution < -0.4 is 10.2 Å². The molecule has 5 heterocycles. The summed E-state index contributed by atoms with van der Waals surface area (Å²) in [6.45, 7) is 2.28. The van der Waals surface area contributed by atoms with Gasteiger partial charge in [0.2, 0.25) is 0 Å². The normalized spacial score (nSPS) is 17.5. The Bertz CT molecular complexity index is 2300. The van der Waals surface area contributed by atoms with E-state index >= 15 is 4.39 Å². The van der Waals surface area contributed by atoms with E-state index in [4.69, 9.17) is 41.5 Å². The van der Waals surface area contributed by atoms with Crippen molar-refractivity contribution in [2.24, 2.45) is 0 Å². The number of anilines is 1. The average molecular weight is 815 g/mol. The van der Waals surface area contributed by atoms with Crippen molar-refractivity contribution in [1.82, 2.24) is 30.0 Å². The lowest BCUT2D eigenvalue weighted by molar-refractivity contribution is -0.193. The third-order valence-electron chi connectivity index (χ3n) is 9.22. The van der Waals surface area contributed by atoms with Crippen molar-refractivity contribution in [2.75, 3.05) is 38.6 Å². The summed E-state index contributed by atoms with van der Waals surface area (Å²) in [6, 6.07) is 10.6. The molecule has 2 aliphatic heterocycles. The monoisotopic (exact) mass is 814 g/mol. The number of benzene rings is 2. The van der Waals surface area contributed by atoms with E-state index in [0.29, 0.717) is 40.1 Å². The van der Waals surface area contributed by atoms with Gasteiger partial charge in [-0.05, 0) is 63.8 Å². The number of piperidine rings is 1. The molecule has 0 bridgehead atoms. The van der Waals surface area contributed by atoms with E-state index in [-0.39, 0.29) is 28.2 Å². The Morgan fingerprint density at radius 1 is 1.02 bits per heavy atom. The molecule has 0 unspecified atom stereocenters. The van der Waals surface area contributed by atoms with Crippen molar-refractivity contribution in [3.05, 3.63) is 59.4 Å². The molecule has 0 saturated carbocycles. The number of carbonyl (C=O) groups is 2. The molecular formula is C35H31ClF8N8O4. The number of carboxylic acids is 2. The fraction of sp³-hybridized carbons (Fsp3) is 0.371. The van der Waals surface area contributed by atoms with Crippen LogP contribution in [-0.2, 0) is 9.59 Å². The van der Waals surface area contributed by atoms with Gasteiger partial charge in [0.05, 0.1) is 46.2 Å². The van der Waals surface area contributed by atoms with Gasteiger partial charge in [0.15, 0.2) is 5.82 Å². The molecule has 12 nitrogen and oxygen atoms in total. The molecule has 56 heavy (non-hydrogen) atoms. The number of hydrogen-bond acceptors (Lipinski definition) is 9. The summed E-state index contributed by atoms with van der Waals surface area (Å²) >= 11 is 6.87. The first-order valence-corrected chi connectivity index (χ1v) is 17.0. The predicted molar refractivity (Wildman–Crippen MR) is 188 cm³/mol. The second-order valence-electron chi connectivity index (χ2n) is 13.0. The highest BCUT2D eigenvalue weighted by atomic mass is 35.5. The summed E-state index contributed by atoms with van der Waals surface area (Å²) in [4.78, 5) is 31.4. The van der Waals surface area contributed by atoms with Crippen LogP contribution >= 0.6 is 11.6 Å². The van der Waals surface area contributed by atoms with Gasteiger partial charge in [-0.1, -0.05) is 11.6 Å². The zero-order chi connectivity index (χ0) is 41.3. The number of pyridine rings is 2. The van der Waals surface area contributed by atoms with Crippen LogP contribution in [0.1, 0.15) is 25.3 Å². The van der Waals surface area contributed by atoms with Crippen LogP contribution in [0, 0.1) is 23.0 Å². The molecule has 5 aromatic rings. The van der Waals surface area contributed by atoms with Crippen LogP contribution in [0.3, 0.4) is 0 Å². The van der Waals surface area contributed by atoms with Gasteiger partial charge >= 0.3 is 24.3 Å². The van der Waals surface area contributed by atoms with Gasteiger partial charge < -0.3 is 25.3 Å². The van der Waals surface area contributed by atoms with Crippen LogP contribution in [-0.4, -0.2) is 105 Å². The summed E-state index contributed by atoms with van der Waals surface area (Å²) in [7, 11) is 4.10. The molecule has 3 aromatic heterocycles. The standard InChI is InChI=1S/C31H29ClF2N8.2C2HF3O2/c1-40(2)19-15-41(16-19)31-23-14-38-42(18-8-11-36-17(12-18)7-9-35)30(23)22-13-24(32)26(27(34)29(22)39-31)21-5-6-25(33)20-4-3-10-37-28(20)21;2*3-2(4,5)1(6)7/h3-6,10,13-14,17-19,36H,7-8,11-12,15-16H2,1-2H3;2*(H,6,7)/t17-,18+;;/m1../s1. The summed E-state index contributed by atoms with van der Waals surface area (Å²) in [5.74, 6) is -5.85. The van der Waals surface area contributed by atoms with E-state index in [1.807, 2.05) is 25.0 Å². The third-order valence-corrected chi connectivity index (χ3v) is 9.51. The Hall–Kier alpha value is -5.39. The maximum Gasteiger partial charge on any atom is 0.490 e. The van der Waals surface area contributed by atoms with Gasteiger partial charge in [-0.3, -0.25) is 9.67 Å². The van der Waals surface area contributed by atoms with Crippen molar-refractivity contribution in [3.8, 4) is 17.2 Å². The van der Waals surface area contributed by atoms with Crippen molar-refractivity contribution < 1.29 is 54.9 Å². The zero-order valence-corrected chi connectivity index (χ0v) is 30.0. The molecule has 2 aromatic carbocycles. The van der Waals surface area contributed by atoms with E-state index in [0.717, 1.165) is 43.4 Å². The maximum absolute atomic E-state index is 16.8. The first-order chi connectivity index (χ1) is 26.2. The van der Waals surface area contributed by atoms with Crippen molar-refractivity contribution in [1.29, 1.82) is 5.26 Å². The third kappa shape index (κ3) is 8.69. The molecule has 0 spiro atoms. The second kappa shape index (κ2) is 16.4. The summed E-state index contributed by atoms with van der Waals surface area (Å²) in [6.07, 6.45) is -4.82. The predicted octanol–water partition coefficient (Wildman–Crippen LogP) is 6.95. The lowest BCUT2D eigenvalue weighted by atomic mass is 9.96. The number of nitrogens with one attached hydrogen (secondary N) is 1. The Morgan fingerprint density at radius 3 is 2.25 bits per heavy atom. The highest BCUT2D eigenvalue weighted by molar-refractivity contribution is 6.35. The molecule has 0 amide bonds. The second-order valence-corrected chi connectivity index (χ2v) is 13.5. The van der Waals surface area contributed by atoms with Crippen molar-refractivity contribution in [2.45, 2.75) is 49.7 Å². The van der Waals surface area contributed by atoms with E-state index in [2.05, 4.69) is 26.2 Å². The smallest absolute Gasteiger partial charge is 0.475 e. The van der Waals surface area contributed by atoms with E-state index in [1.54, 1.807) is 24.4 Å². The van der Waals surface area contributed by atoms with Crippen molar-refractivity contribution in [3.63, 3.8) is 0 Å². The Kier molecular flexibility index (Phi) is 12.2. The summed E-state index contributed by atoms with van der Waals surface area (Å²) in [5, 5.41) is 33.7. The van der Waals surface area contributed by atoms with E-state index in [9.17, 15) is 36.0 Å². The molecule has 298 valence electrons. The summed E-state index contributed by atoms with van der Waals surface area (Å²) in [5.41, 5.74) is 1.84. The van der Waals surface area contributed by atoms with Gasteiger partial charge in [-0.15, -0.1) is 0 Å². The summed E-state index contributed by atoms with van der Waals surface area (Å²) < 4.78 is 96.9. The lowest BCUT2D eigenvalue weighted by Crippen LogP contribution is -2.57. The molecule has 7 rings (SSSR count). The number of aromatic nitrogens is 4. The number of carboxylic acid groups (broad SMARTS) is 2. The topological polar surface area (TPSA) is 160 Å². The molecule has 21 heteroatoms. The molecule has 2 fully saturated rings. The number of halogens is 9. The van der Waals surface area contributed by atoms with Crippen LogP contribution in [0.15, 0.2) is 42.7 Å². The number of rotatable bonds is 5. The largest absolute Gasteiger partial charge is 0.490 e. The minimum atomic E-state index is -5.08. The van der Waals surface area contributed by atoms with Gasteiger partial charge in [0, 0.05) is 53.3 Å². The number of alkyl halides is 6. The van der Waals surface area contributed by atoms with Crippen LogP contribution in [0.25, 0.3) is 43.8 Å². The number of aliphatic carboxylic acids is 2. The molecule has 2 saturated heterocycles. The fourth-order valence-corrected chi connectivity index (χ4v) is 6.68. The zero-order valence-electron chi connectivity index (χ0n) is 29.3. The number of nitrogens with zero attached hydrogens (tertiary/aromatic N) is 7. The Morgan fingerprint density at radius 2 is 1.66 bits per heavy atom. The number of nitriles is 1. The number of likely N-dealkylation sites (N-methyl/N-ethyl adjacent to an activating group) is 1. The number of fused-ring (bicyclic) bond motifs is 4. The quantitative estimate of drug-likeness (QED) is 0.158. The van der Waals surface area contributed by atoms with Crippen LogP contribution in [0.2, 0.25) is 5.02 Å². The lowest BCUT2D eigenvalue weighted by Gasteiger charge is -2.43. The highest BCUT2D eigenvalue weighted by Crippen LogP contribution is 2.43. The molecule has 2 aliphatic rings. The minimum Gasteiger partial charge on any atom is -0.475 e. The van der Waals surface area contributed by atoms with Crippen LogP contribution in [0.5, 0.6) is 0 Å². The van der Waals surface area contributed by atoms with Crippen LogP contribution in [0.4, 0.5) is 40.9 Å². The van der Waals surface area contributed by atoms with Gasteiger partial charge in [-0.25, -0.2) is 23.4 Å². The minimum absolute atomic E-state index is 0.0261. The van der Waals surface area contributed by atoms with Crippen molar-refractivity contribution >= 4 is 62.1 Å². The molecular weight excluding hydrogens is 784 g/mol. The van der Waals surface area contributed by atoms with Gasteiger partial charge in [0.1, 0.15) is 17.2 Å². The Balaban J connectivity index is 0.000000367. The van der Waals surface area contributed by atoms with E-state index in [1.165, 1.54) is 12.1 Å². The van der Waals surface area contributed by atoms with Gasteiger partial charge in [0.25, 0.3) is 0 Å². The molecule has 3 N–H and O–H groups in total. The fourth-order valence-electron chi connectivity index (χ4n) is 6.39. The SMILES string of the molecule is CN(C)C1CN(c2nc3c(F)c(-c4ccc(F)c5cccnc45)c(Cl)cc3c3c2cnn3[C@H]2CCN[C@H](CC#N)C2)C1.O=C(O)C(F)(F)F.O=C(O)C(F)(F)F. The average Bonchev–Trinajstić information content (AvgIpc) is 3.55. The molecule has 0 radical (unpaired) electrons. The first kappa shape index (κ1) is 41.8. The molecule has 2 atom stereocenters. The molecule has 0 aliphatic carbocycles. The Labute approximate surface area is 316 Å².